The average Bonchev–Trinajstić information content (AvgIpc) is 3.47. The number of ether oxygens (including phenoxy) is 1. The first kappa shape index (κ1) is 27.1. The maximum Gasteiger partial charge on any atom is 1.00 e. The van der Waals surface area contributed by atoms with E-state index in [0.29, 0.717) is 24.2 Å². The summed E-state index contributed by atoms with van der Waals surface area (Å²) in [4.78, 5) is 7.16. The fourth-order valence-corrected chi connectivity index (χ4v) is 4.53. The quantitative estimate of drug-likeness (QED) is 0.297. The van der Waals surface area contributed by atoms with Gasteiger partial charge < -0.3 is 21.9 Å². The smallest absolute Gasteiger partial charge is 0.475 e. The van der Waals surface area contributed by atoms with Gasteiger partial charge in [0.15, 0.2) is 5.65 Å². The second kappa shape index (κ2) is 12.5. The van der Waals surface area contributed by atoms with E-state index in [4.69, 9.17) is 4.74 Å². The Morgan fingerprint density at radius 2 is 1.97 bits per heavy atom. The summed E-state index contributed by atoms with van der Waals surface area (Å²) < 4.78 is 22.2. The minimum atomic E-state index is -0.274. The molecule has 1 N–H and O–H groups in total. The molecule has 3 aromatic rings. The molecule has 1 radical (unpaired) electrons. The van der Waals surface area contributed by atoms with Gasteiger partial charge in [0.25, 0.3) is 0 Å². The number of benzene rings is 1. The van der Waals surface area contributed by atoms with E-state index < -0.39 is 0 Å². The van der Waals surface area contributed by atoms with Gasteiger partial charge in [-0.25, -0.2) is 8.91 Å². The second-order valence-corrected chi connectivity index (χ2v) is 8.49. The molecule has 1 unspecified atom stereocenters. The summed E-state index contributed by atoms with van der Waals surface area (Å²) in [7, 11) is 0. The molecule has 2 aromatic heterocycles. The maximum atomic E-state index is 14.3. The first-order valence-electron chi connectivity index (χ1n) is 12.4. The Labute approximate surface area is 221 Å². The van der Waals surface area contributed by atoms with Crippen molar-refractivity contribution < 1.29 is 28.9 Å². The van der Waals surface area contributed by atoms with Crippen molar-refractivity contribution in [3.8, 4) is 17.0 Å². The van der Waals surface area contributed by atoms with E-state index in [-0.39, 0.29) is 25.6 Å². The minimum absolute atomic E-state index is 0. The number of nitrogens with one attached hydrogen (secondary N) is 1. The molecular formula is C27H35FN5OOs. The van der Waals surface area contributed by atoms with Crippen LogP contribution in [0.1, 0.15) is 52.9 Å². The molecule has 0 spiro atoms. The van der Waals surface area contributed by atoms with Crippen molar-refractivity contribution in [2.24, 2.45) is 0 Å². The van der Waals surface area contributed by atoms with Crippen molar-refractivity contribution in [2.45, 2.75) is 58.9 Å². The number of hydrogen-bond donors (Lipinski definition) is 1. The fourth-order valence-electron chi connectivity index (χ4n) is 4.53. The van der Waals surface area contributed by atoms with Crippen molar-refractivity contribution in [1.29, 1.82) is 0 Å². The first-order chi connectivity index (χ1) is 16.7. The minimum Gasteiger partial charge on any atom is -0.475 e. The molecule has 189 valence electrons. The van der Waals surface area contributed by atoms with Crippen LogP contribution in [-0.2, 0) is 19.8 Å². The van der Waals surface area contributed by atoms with Crippen LogP contribution in [0.2, 0.25) is 0 Å². The van der Waals surface area contributed by atoms with Crippen LogP contribution < -0.4 is 10.1 Å². The van der Waals surface area contributed by atoms with Crippen LogP contribution in [-0.4, -0.2) is 45.2 Å². The molecular weight excluding hydrogens is 620 g/mol. The van der Waals surface area contributed by atoms with Crippen LogP contribution in [0.3, 0.4) is 0 Å². The van der Waals surface area contributed by atoms with Crippen LogP contribution in [0.25, 0.3) is 16.8 Å². The molecule has 1 aromatic carbocycles. The number of anilines is 1. The van der Waals surface area contributed by atoms with E-state index in [2.05, 4.69) is 27.2 Å². The van der Waals surface area contributed by atoms with Gasteiger partial charge in [-0.15, -0.1) is 0 Å². The predicted molar refractivity (Wildman–Crippen MR) is 135 cm³/mol. The SMILES string of the molecule is CC.Fc1cc2cc(c1)-c1cnn3ccc(nc13)OCC1CCC(=C3CC3)N1CCN2.[CH2-]CC.[Os+]. The number of fused-ring (bicyclic) bond motifs is 5. The molecule has 6 rings (SSSR count). The number of hydrogen-bond acceptors (Lipinski definition) is 5. The Balaban J connectivity index is 0.000000533. The zero-order chi connectivity index (χ0) is 24.1. The van der Waals surface area contributed by atoms with E-state index in [1.807, 2.05) is 39.1 Å². The molecule has 1 aliphatic carbocycles. The molecule has 1 atom stereocenters. The summed E-state index contributed by atoms with van der Waals surface area (Å²) in [5.74, 6) is 0.308. The summed E-state index contributed by atoms with van der Waals surface area (Å²) in [5, 5.41) is 7.78. The Kier molecular flexibility index (Phi) is 9.68. The molecule has 8 heteroatoms. The third-order valence-corrected chi connectivity index (χ3v) is 6.07. The van der Waals surface area contributed by atoms with Crippen molar-refractivity contribution in [3.63, 3.8) is 0 Å². The Bertz CT molecular complexity index is 1160. The molecule has 1 saturated heterocycles. The summed E-state index contributed by atoms with van der Waals surface area (Å²) in [5.41, 5.74) is 6.07. The van der Waals surface area contributed by atoms with Gasteiger partial charge in [-0.05, 0) is 49.4 Å². The monoisotopic (exact) mass is 656 g/mol. The van der Waals surface area contributed by atoms with Gasteiger partial charge >= 0.3 is 19.8 Å². The molecule has 2 aliphatic heterocycles. The summed E-state index contributed by atoms with van der Waals surface area (Å²) in [6.45, 7) is 11.7. The molecule has 2 fully saturated rings. The van der Waals surface area contributed by atoms with Crippen molar-refractivity contribution in [3.05, 3.63) is 60.7 Å². The van der Waals surface area contributed by atoms with Crippen LogP contribution in [0.5, 0.6) is 5.88 Å². The van der Waals surface area contributed by atoms with E-state index in [0.717, 1.165) is 49.2 Å². The molecule has 0 amide bonds. The van der Waals surface area contributed by atoms with Gasteiger partial charge in [-0.1, -0.05) is 26.3 Å². The maximum absolute atomic E-state index is 14.3. The zero-order valence-electron chi connectivity index (χ0n) is 20.8. The summed E-state index contributed by atoms with van der Waals surface area (Å²) in [6, 6.07) is 7.21. The molecule has 35 heavy (non-hydrogen) atoms. The molecule has 3 aliphatic rings. The number of aromatic nitrogens is 3. The average molecular weight is 655 g/mol. The number of nitrogens with zero attached hydrogens (tertiary/aromatic N) is 4. The van der Waals surface area contributed by atoms with Gasteiger partial charge in [0.2, 0.25) is 5.88 Å². The number of halogens is 1. The van der Waals surface area contributed by atoms with Gasteiger partial charge in [-0.2, -0.15) is 16.5 Å². The second-order valence-electron chi connectivity index (χ2n) is 8.49. The third kappa shape index (κ3) is 6.22. The van der Waals surface area contributed by atoms with Crippen LogP contribution in [0, 0.1) is 12.7 Å². The summed E-state index contributed by atoms with van der Waals surface area (Å²) in [6.07, 6.45) is 9.24. The van der Waals surface area contributed by atoms with Crippen LogP contribution >= 0.6 is 0 Å². The van der Waals surface area contributed by atoms with Crippen molar-refractivity contribution in [1.82, 2.24) is 19.5 Å². The number of allylic oxidation sites excluding steroid dienone is 2. The first-order valence-corrected chi connectivity index (χ1v) is 12.4. The van der Waals surface area contributed by atoms with Gasteiger partial charge in [0.05, 0.1) is 12.2 Å². The summed E-state index contributed by atoms with van der Waals surface area (Å²) >= 11 is 0. The number of rotatable bonds is 0. The van der Waals surface area contributed by atoms with E-state index in [1.54, 1.807) is 22.4 Å². The van der Waals surface area contributed by atoms with E-state index in [1.165, 1.54) is 24.6 Å². The largest absolute Gasteiger partial charge is 1.00 e. The van der Waals surface area contributed by atoms with Crippen LogP contribution in [0.4, 0.5) is 10.1 Å². The van der Waals surface area contributed by atoms with Gasteiger partial charge in [0, 0.05) is 42.3 Å². The van der Waals surface area contributed by atoms with Gasteiger partial charge in [-0.3, -0.25) is 0 Å². The molecule has 6 nitrogen and oxygen atoms in total. The topological polar surface area (TPSA) is 54.7 Å². The van der Waals surface area contributed by atoms with E-state index >= 15 is 0 Å². The predicted octanol–water partition coefficient (Wildman–Crippen LogP) is 6.11. The zero-order valence-corrected chi connectivity index (χ0v) is 23.4. The van der Waals surface area contributed by atoms with Crippen LogP contribution in [0.15, 0.2) is 47.9 Å². The molecule has 4 heterocycles. The Morgan fingerprint density at radius 1 is 1.20 bits per heavy atom. The van der Waals surface area contributed by atoms with E-state index in [9.17, 15) is 4.39 Å². The third-order valence-electron chi connectivity index (χ3n) is 6.07. The molecule has 1 saturated carbocycles. The normalized spacial score (nSPS) is 18.1. The van der Waals surface area contributed by atoms with Crippen molar-refractivity contribution in [2.75, 3.05) is 25.0 Å². The fraction of sp³-hybridized carbons (Fsp3) is 0.444. The molecule has 4 bridgehead atoms. The Morgan fingerprint density at radius 3 is 2.71 bits per heavy atom. The van der Waals surface area contributed by atoms with Crippen molar-refractivity contribution >= 4 is 11.3 Å². The Hall–Kier alpha value is -2.45. The van der Waals surface area contributed by atoms with Gasteiger partial charge in [0.1, 0.15) is 12.4 Å². The standard InChI is InChI=1S/C22H22FN5O.C3H7.C2H6.Os/c23-16-9-15-10-17(11-16)24-6-8-27-18(3-4-20(27)14-1-2-14)13-29-21-5-7-28-22(26-21)19(15)12-25-28;1-3-2;1-2;/h5,7,9-12,18,24H,1-4,6,8,13H2;1,3H2,2H3;1-2H3;/q;-1;;+1.